The van der Waals surface area contributed by atoms with Gasteiger partial charge in [0.25, 0.3) is 0 Å². The molecule has 11 heteroatoms. The average molecular weight is 624 g/mol. The molecule has 10 nitrogen and oxygen atoms in total. The van der Waals surface area contributed by atoms with Crippen molar-refractivity contribution in [2.45, 2.75) is 67.3 Å². The van der Waals surface area contributed by atoms with Crippen LogP contribution in [0.1, 0.15) is 61.1 Å². The van der Waals surface area contributed by atoms with Crippen molar-refractivity contribution in [1.82, 2.24) is 29.0 Å². The second-order valence-electron chi connectivity index (χ2n) is 13.1. The predicted octanol–water partition coefficient (Wildman–Crippen LogP) is 5.35. The van der Waals surface area contributed by atoms with Gasteiger partial charge in [0, 0.05) is 61.8 Å². The van der Waals surface area contributed by atoms with Crippen molar-refractivity contribution in [3.05, 3.63) is 65.4 Å². The van der Waals surface area contributed by atoms with Gasteiger partial charge in [0.15, 0.2) is 5.82 Å². The van der Waals surface area contributed by atoms with Crippen LogP contribution in [0.4, 0.5) is 17.6 Å². The van der Waals surface area contributed by atoms with Gasteiger partial charge in [-0.1, -0.05) is 18.2 Å². The van der Waals surface area contributed by atoms with Crippen LogP contribution in [0.25, 0.3) is 10.9 Å². The molecule has 2 aromatic carbocycles. The SMILES string of the molecule is CNc1nn(C)c2cc(C3CCN(Cc4cccc(SN5CCC(Nc6ncc7c(n6)NC(=O)C76CC6)CC5)c4)CC3)ccc12. The lowest BCUT2D eigenvalue weighted by Gasteiger charge is -2.33. The Morgan fingerprint density at radius 3 is 2.64 bits per heavy atom. The normalized spacial score (nSPS) is 20.4. The van der Waals surface area contributed by atoms with Gasteiger partial charge >= 0.3 is 0 Å². The summed E-state index contributed by atoms with van der Waals surface area (Å²) in [5.41, 5.74) is 4.66. The van der Waals surface area contributed by atoms with Crippen molar-refractivity contribution >= 4 is 46.3 Å². The van der Waals surface area contributed by atoms with E-state index in [1.165, 1.54) is 39.8 Å². The largest absolute Gasteiger partial charge is 0.371 e. The molecule has 1 spiro atoms. The van der Waals surface area contributed by atoms with Crippen molar-refractivity contribution in [1.29, 1.82) is 0 Å². The number of aryl methyl sites for hydroxylation is 1. The molecule has 5 heterocycles. The summed E-state index contributed by atoms with van der Waals surface area (Å²) in [6.07, 6.45) is 8.09. The first-order chi connectivity index (χ1) is 22.0. The number of anilines is 3. The monoisotopic (exact) mass is 623 g/mol. The Labute approximate surface area is 268 Å². The van der Waals surface area contributed by atoms with Crippen LogP contribution in [0.2, 0.25) is 0 Å². The number of hydrogen-bond acceptors (Lipinski definition) is 9. The van der Waals surface area contributed by atoms with E-state index in [2.05, 4.69) is 82.7 Å². The molecule has 0 unspecified atom stereocenters. The third kappa shape index (κ3) is 5.55. The molecule has 234 valence electrons. The summed E-state index contributed by atoms with van der Waals surface area (Å²) in [5.74, 6) is 2.94. The Hall–Kier alpha value is -3.67. The fraction of sp³-hybridized carbons (Fsp3) is 0.471. The van der Waals surface area contributed by atoms with Gasteiger partial charge < -0.3 is 16.0 Å². The summed E-state index contributed by atoms with van der Waals surface area (Å²) in [4.78, 5) is 25.4. The second-order valence-corrected chi connectivity index (χ2v) is 14.3. The van der Waals surface area contributed by atoms with E-state index in [9.17, 15) is 4.79 Å². The average Bonchev–Trinajstić information content (AvgIpc) is 3.74. The maximum Gasteiger partial charge on any atom is 0.236 e. The number of benzene rings is 2. The zero-order chi connectivity index (χ0) is 30.5. The molecule has 1 aliphatic carbocycles. The van der Waals surface area contributed by atoms with Crippen molar-refractivity contribution in [2.75, 3.05) is 49.2 Å². The van der Waals surface area contributed by atoms with Crippen LogP contribution in [0.3, 0.4) is 0 Å². The fourth-order valence-electron chi connectivity index (χ4n) is 7.39. The first-order valence-electron chi connectivity index (χ1n) is 16.3. The minimum Gasteiger partial charge on any atom is -0.371 e. The minimum atomic E-state index is -0.335. The summed E-state index contributed by atoms with van der Waals surface area (Å²) in [6.45, 7) is 5.25. The standard InChI is InChI=1S/C34H41N9OS/c1-35-30-27-7-6-24(19-29(27)41(2)40-30)23-8-14-42(15-9-23)21-22-4-3-5-26(18-22)45-43-16-10-25(11-17-43)37-33-36-20-28-31(39-33)38-32(44)34(28)12-13-34/h3-7,18-20,23,25H,8-17,21H2,1-2H3,(H,35,40)(H2,36,37,38,39,44). The van der Waals surface area contributed by atoms with Crippen LogP contribution in [0.5, 0.6) is 0 Å². The Morgan fingerprint density at radius 2 is 1.87 bits per heavy atom. The highest BCUT2D eigenvalue weighted by atomic mass is 32.2. The van der Waals surface area contributed by atoms with E-state index < -0.39 is 0 Å². The van der Waals surface area contributed by atoms with Crippen LogP contribution in [-0.4, -0.2) is 74.1 Å². The third-order valence-corrected chi connectivity index (χ3v) is 11.3. The van der Waals surface area contributed by atoms with Crippen LogP contribution in [0, 0.1) is 0 Å². The van der Waals surface area contributed by atoms with Gasteiger partial charge in [0.05, 0.1) is 10.9 Å². The number of rotatable bonds is 8. The highest BCUT2D eigenvalue weighted by Crippen LogP contribution is 2.54. The highest BCUT2D eigenvalue weighted by molar-refractivity contribution is 7.97. The van der Waals surface area contributed by atoms with E-state index in [4.69, 9.17) is 0 Å². The molecule has 2 aromatic heterocycles. The van der Waals surface area contributed by atoms with Gasteiger partial charge in [-0.3, -0.25) is 14.4 Å². The number of carbonyl (C=O) groups is 1. The summed E-state index contributed by atoms with van der Waals surface area (Å²) in [7, 11) is 3.96. The molecule has 0 radical (unpaired) electrons. The van der Waals surface area contributed by atoms with Crippen molar-refractivity contribution < 1.29 is 4.79 Å². The molecule has 1 amide bonds. The van der Waals surface area contributed by atoms with Crippen LogP contribution < -0.4 is 16.0 Å². The molecular formula is C34H41N9OS. The Kier molecular flexibility index (Phi) is 7.42. The second kappa shape index (κ2) is 11.6. The van der Waals surface area contributed by atoms with Gasteiger partial charge in [0.2, 0.25) is 11.9 Å². The molecule has 45 heavy (non-hydrogen) atoms. The van der Waals surface area contributed by atoms with E-state index >= 15 is 0 Å². The maximum absolute atomic E-state index is 12.3. The molecule has 0 bridgehead atoms. The van der Waals surface area contributed by atoms with E-state index in [0.717, 1.165) is 69.8 Å². The number of amides is 1. The number of likely N-dealkylation sites (tertiary alicyclic amines) is 1. The molecule has 4 aromatic rings. The molecule has 3 fully saturated rings. The minimum absolute atomic E-state index is 0.0848. The van der Waals surface area contributed by atoms with Gasteiger partial charge in [-0.2, -0.15) is 10.1 Å². The van der Waals surface area contributed by atoms with Gasteiger partial charge in [-0.25, -0.2) is 9.29 Å². The first-order valence-corrected chi connectivity index (χ1v) is 17.1. The van der Waals surface area contributed by atoms with Crippen LogP contribution >= 0.6 is 11.9 Å². The summed E-state index contributed by atoms with van der Waals surface area (Å²) < 4.78 is 4.46. The highest BCUT2D eigenvalue weighted by Gasteiger charge is 2.57. The van der Waals surface area contributed by atoms with Crippen molar-refractivity contribution in [2.24, 2.45) is 7.05 Å². The van der Waals surface area contributed by atoms with E-state index in [-0.39, 0.29) is 11.3 Å². The van der Waals surface area contributed by atoms with Crippen molar-refractivity contribution in [3.63, 3.8) is 0 Å². The van der Waals surface area contributed by atoms with Crippen molar-refractivity contribution in [3.8, 4) is 0 Å². The van der Waals surface area contributed by atoms with Gasteiger partial charge in [-0.05, 0) is 105 Å². The number of carbonyl (C=O) groups excluding carboxylic acids is 1. The topological polar surface area (TPSA) is 103 Å². The number of hydrogen-bond donors (Lipinski definition) is 3. The molecule has 3 N–H and O–H groups in total. The smallest absolute Gasteiger partial charge is 0.236 e. The number of aromatic nitrogens is 4. The quantitative estimate of drug-likeness (QED) is 0.224. The number of fused-ring (bicyclic) bond motifs is 3. The van der Waals surface area contributed by atoms with E-state index in [1.54, 1.807) is 0 Å². The number of nitrogens with zero attached hydrogens (tertiary/aromatic N) is 6. The van der Waals surface area contributed by atoms with E-state index in [0.29, 0.717) is 23.7 Å². The maximum atomic E-state index is 12.3. The van der Waals surface area contributed by atoms with Crippen LogP contribution in [0.15, 0.2) is 53.6 Å². The Morgan fingerprint density at radius 1 is 1.04 bits per heavy atom. The van der Waals surface area contributed by atoms with Gasteiger partial charge in [-0.15, -0.1) is 0 Å². The number of piperidine rings is 2. The molecule has 0 atom stereocenters. The summed E-state index contributed by atoms with van der Waals surface area (Å²) >= 11 is 1.87. The summed E-state index contributed by atoms with van der Waals surface area (Å²) in [6, 6.07) is 16.3. The predicted molar refractivity (Wildman–Crippen MR) is 180 cm³/mol. The Bertz CT molecular complexity index is 1740. The lowest BCUT2D eigenvalue weighted by molar-refractivity contribution is -0.117. The van der Waals surface area contributed by atoms with Gasteiger partial charge in [0.1, 0.15) is 5.82 Å². The number of nitrogens with one attached hydrogen (secondary N) is 3. The van der Waals surface area contributed by atoms with E-state index in [1.807, 2.05) is 36.9 Å². The zero-order valence-corrected chi connectivity index (χ0v) is 26.9. The lowest BCUT2D eigenvalue weighted by Crippen LogP contribution is -2.36. The van der Waals surface area contributed by atoms with Crippen LogP contribution in [-0.2, 0) is 23.8 Å². The summed E-state index contributed by atoms with van der Waals surface area (Å²) in [5, 5.41) is 15.5. The Balaban J connectivity index is 0.813. The molecule has 1 saturated carbocycles. The third-order valence-electron chi connectivity index (χ3n) is 10.2. The lowest BCUT2D eigenvalue weighted by atomic mass is 9.89. The molecule has 8 rings (SSSR count). The fourth-order valence-corrected chi connectivity index (χ4v) is 8.42. The molecule has 2 saturated heterocycles. The molecular weight excluding hydrogens is 583 g/mol. The first kappa shape index (κ1) is 28.8. The molecule has 3 aliphatic heterocycles. The molecule has 4 aliphatic rings. The zero-order valence-electron chi connectivity index (χ0n) is 26.1.